The maximum absolute atomic E-state index is 12.4. The van der Waals surface area contributed by atoms with Crippen LogP contribution in [0.5, 0.6) is 0 Å². The SMILES string of the molecule is CN(CC1CCCCC1)c1ccc(CCC(=O)Nc2cnc3ccccc3c2)cc1. The predicted molar refractivity (Wildman–Crippen MR) is 125 cm³/mol. The van der Waals surface area contributed by atoms with Crippen LogP contribution in [-0.4, -0.2) is 24.5 Å². The van der Waals surface area contributed by atoms with Crippen molar-refractivity contribution in [2.75, 3.05) is 23.8 Å². The zero-order valence-electron chi connectivity index (χ0n) is 17.8. The summed E-state index contributed by atoms with van der Waals surface area (Å²) in [7, 11) is 2.19. The van der Waals surface area contributed by atoms with Crippen molar-refractivity contribution >= 4 is 28.2 Å². The number of benzene rings is 2. The van der Waals surface area contributed by atoms with Gasteiger partial charge in [-0.15, -0.1) is 0 Å². The number of nitrogens with one attached hydrogen (secondary N) is 1. The standard InChI is InChI=1S/C26H31N3O/c1-29(19-21-7-3-2-4-8-21)24-14-11-20(12-15-24)13-16-26(30)28-23-17-22-9-5-6-10-25(22)27-18-23/h5-6,9-12,14-15,17-18,21H,2-4,7-8,13,16,19H2,1H3,(H,28,30). The second-order valence-electron chi connectivity index (χ2n) is 8.52. The predicted octanol–water partition coefficient (Wildman–Crippen LogP) is 5.82. The molecule has 4 nitrogen and oxygen atoms in total. The van der Waals surface area contributed by atoms with Crippen molar-refractivity contribution in [3.63, 3.8) is 0 Å². The highest BCUT2D eigenvalue weighted by Gasteiger charge is 2.15. The molecule has 3 aromatic rings. The van der Waals surface area contributed by atoms with Crippen LogP contribution in [0.15, 0.2) is 60.8 Å². The number of aromatic nitrogens is 1. The lowest BCUT2D eigenvalue weighted by Crippen LogP contribution is -2.26. The average Bonchev–Trinajstić information content (AvgIpc) is 2.78. The largest absolute Gasteiger partial charge is 0.374 e. The quantitative estimate of drug-likeness (QED) is 0.542. The molecule has 1 heterocycles. The van der Waals surface area contributed by atoms with Crippen LogP contribution in [0, 0.1) is 5.92 Å². The van der Waals surface area contributed by atoms with Crippen LogP contribution in [0.1, 0.15) is 44.1 Å². The van der Waals surface area contributed by atoms with Crippen LogP contribution in [-0.2, 0) is 11.2 Å². The fraction of sp³-hybridized carbons (Fsp3) is 0.385. The molecule has 2 aromatic carbocycles. The van der Waals surface area contributed by atoms with E-state index in [4.69, 9.17) is 0 Å². The summed E-state index contributed by atoms with van der Waals surface area (Å²) in [5, 5.41) is 4.00. The number of fused-ring (bicyclic) bond motifs is 1. The fourth-order valence-corrected chi connectivity index (χ4v) is 4.40. The van der Waals surface area contributed by atoms with Crippen molar-refractivity contribution in [1.82, 2.24) is 4.98 Å². The summed E-state index contributed by atoms with van der Waals surface area (Å²) in [4.78, 5) is 19.1. The molecule has 0 unspecified atom stereocenters. The van der Waals surface area contributed by atoms with Crippen LogP contribution in [0.25, 0.3) is 10.9 Å². The lowest BCUT2D eigenvalue weighted by molar-refractivity contribution is -0.116. The Hall–Kier alpha value is -2.88. The van der Waals surface area contributed by atoms with Gasteiger partial charge in [0, 0.05) is 31.1 Å². The van der Waals surface area contributed by atoms with E-state index in [1.165, 1.54) is 43.4 Å². The summed E-state index contributed by atoms with van der Waals surface area (Å²) in [6.07, 6.45) is 9.82. The minimum Gasteiger partial charge on any atom is -0.374 e. The van der Waals surface area contributed by atoms with Gasteiger partial charge in [0.25, 0.3) is 0 Å². The Morgan fingerprint density at radius 3 is 2.63 bits per heavy atom. The van der Waals surface area contributed by atoms with Gasteiger partial charge < -0.3 is 10.2 Å². The van der Waals surface area contributed by atoms with Gasteiger partial charge in [-0.05, 0) is 55.0 Å². The number of carbonyl (C=O) groups is 1. The molecule has 1 aromatic heterocycles. The monoisotopic (exact) mass is 401 g/mol. The molecule has 0 aliphatic heterocycles. The number of para-hydroxylation sites is 1. The van der Waals surface area contributed by atoms with E-state index in [1.807, 2.05) is 30.3 Å². The zero-order valence-corrected chi connectivity index (χ0v) is 17.8. The lowest BCUT2D eigenvalue weighted by atomic mass is 9.89. The maximum atomic E-state index is 12.4. The first kappa shape index (κ1) is 20.4. The van der Waals surface area contributed by atoms with E-state index < -0.39 is 0 Å². The topological polar surface area (TPSA) is 45.2 Å². The number of amides is 1. The van der Waals surface area contributed by atoms with E-state index in [-0.39, 0.29) is 5.91 Å². The molecule has 4 rings (SSSR count). The molecule has 4 heteroatoms. The van der Waals surface area contributed by atoms with E-state index in [1.54, 1.807) is 6.20 Å². The summed E-state index contributed by atoms with van der Waals surface area (Å²) in [5.74, 6) is 0.849. The molecule has 1 aliphatic carbocycles. The summed E-state index contributed by atoms with van der Waals surface area (Å²) < 4.78 is 0. The molecule has 1 saturated carbocycles. The summed E-state index contributed by atoms with van der Waals surface area (Å²) in [5.41, 5.74) is 4.13. The number of rotatable bonds is 7. The minimum atomic E-state index is 0.0191. The lowest BCUT2D eigenvalue weighted by Gasteiger charge is -2.28. The summed E-state index contributed by atoms with van der Waals surface area (Å²) in [6, 6.07) is 18.6. The molecule has 0 spiro atoms. The highest BCUT2D eigenvalue weighted by molar-refractivity contribution is 5.93. The second-order valence-corrected chi connectivity index (χ2v) is 8.52. The highest BCUT2D eigenvalue weighted by atomic mass is 16.1. The van der Waals surface area contributed by atoms with E-state index in [0.717, 1.165) is 35.5 Å². The van der Waals surface area contributed by atoms with Gasteiger partial charge in [-0.1, -0.05) is 49.6 Å². The van der Waals surface area contributed by atoms with Crippen molar-refractivity contribution in [2.24, 2.45) is 5.92 Å². The van der Waals surface area contributed by atoms with E-state index in [0.29, 0.717) is 6.42 Å². The molecule has 156 valence electrons. The Morgan fingerprint density at radius 1 is 1.07 bits per heavy atom. The fourth-order valence-electron chi connectivity index (χ4n) is 4.40. The molecule has 1 aliphatic rings. The van der Waals surface area contributed by atoms with Crippen LogP contribution >= 0.6 is 0 Å². The van der Waals surface area contributed by atoms with Crippen molar-refractivity contribution < 1.29 is 4.79 Å². The molecule has 30 heavy (non-hydrogen) atoms. The molecule has 1 amide bonds. The first-order valence-corrected chi connectivity index (χ1v) is 11.1. The summed E-state index contributed by atoms with van der Waals surface area (Å²) >= 11 is 0. The zero-order chi connectivity index (χ0) is 20.8. The first-order valence-electron chi connectivity index (χ1n) is 11.1. The number of hydrogen-bond acceptors (Lipinski definition) is 3. The Bertz CT molecular complexity index is 977. The van der Waals surface area contributed by atoms with E-state index in [2.05, 4.69) is 46.5 Å². The van der Waals surface area contributed by atoms with Gasteiger partial charge >= 0.3 is 0 Å². The number of nitrogens with zero attached hydrogens (tertiary/aromatic N) is 2. The van der Waals surface area contributed by atoms with Gasteiger partial charge in [0.2, 0.25) is 5.91 Å². The van der Waals surface area contributed by atoms with Crippen molar-refractivity contribution in [2.45, 2.75) is 44.9 Å². The Labute approximate surface area is 179 Å². The van der Waals surface area contributed by atoms with Crippen LogP contribution < -0.4 is 10.2 Å². The minimum absolute atomic E-state index is 0.0191. The normalized spacial score (nSPS) is 14.6. The van der Waals surface area contributed by atoms with Crippen molar-refractivity contribution in [3.8, 4) is 0 Å². The highest BCUT2D eigenvalue weighted by Crippen LogP contribution is 2.26. The van der Waals surface area contributed by atoms with Gasteiger partial charge in [0.15, 0.2) is 0 Å². The van der Waals surface area contributed by atoms with Crippen molar-refractivity contribution in [1.29, 1.82) is 0 Å². The van der Waals surface area contributed by atoms with Crippen molar-refractivity contribution in [3.05, 3.63) is 66.4 Å². The summed E-state index contributed by atoms with van der Waals surface area (Å²) in [6.45, 7) is 1.14. The molecule has 0 saturated heterocycles. The molecule has 0 radical (unpaired) electrons. The molecule has 1 fully saturated rings. The number of hydrogen-bond donors (Lipinski definition) is 1. The number of pyridine rings is 1. The number of carbonyl (C=O) groups excluding carboxylic acids is 1. The molecular formula is C26H31N3O. The van der Waals surface area contributed by atoms with Gasteiger partial charge in [-0.25, -0.2) is 0 Å². The third-order valence-electron chi connectivity index (χ3n) is 6.15. The van der Waals surface area contributed by atoms with E-state index in [9.17, 15) is 4.79 Å². The Balaban J connectivity index is 1.27. The van der Waals surface area contributed by atoms with Crippen LogP contribution in [0.4, 0.5) is 11.4 Å². The average molecular weight is 402 g/mol. The van der Waals surface area contributed by atoms with Gasteiger partial charge in [-0.2, -0.15) is 0 Å². The molecule has 0 bridgehead atoms. The second kappa shape index (κ2) is 9.75. The molecule has 1 N–H and O–H groups in total. The van der Waals surface area contributed by atoms with Gasteiger partial charge in [0.1, 0.15) is 0 Å². The Morgan fingerprint density at radius 2 is 1.83 bits per heavy atom. The van der Waals surface area contributed by atoms with Crippen LogP contribution in [0.3, 0.4) is 0 Å². The smallest absolute Gasteiger partial charge is 0.224 e. The third-order valence-corrected chi connectivity index (χ3v) is 6.15. The molecular weight excluding hydrogens is 370 g/mol. The van der Waals surface area contributed by atoms with Gasteiger partial charge in [0.05, 0.1) is 17.4 Å². The Kier molecular flexibility index (Phi) is 6.63. The third kappa shape index (κ3) is 5.38. The molecule has 0 atom stereocenters. The number of aryl methyl sites for hydroxylation is 1. The number of anilines is 2. The van der Waals surface area contributed by atoms with Crippen LogP contribution in [0.2, 0.25) is 0 Å². The van der Waals surface area contributed by atoms with E-state index >= 15 is 0 Å². The maximum Gasteiger partial charge on any atom is 0.224 e. The first-order chi connectivity index (χ1) is 14.7. The van der Waals surface area contributed by atoms with Gasteiger partial charge in [-0.3, -0.25) is 9.78 Å².